The lowest BCUT2D eigenvalue weighted by molar-refractivity contribution is -0.165. The number of aliphatic hydroxyl groups excluding tert-OH is 1. The molecule has 140 valence electrons. The van der Waals surface area contributed by atoms with Crippen molar-refractivity contribution in [3.63, 3.8) is 0 Å². The zero-order valence-electron chi connectivity index (χ0n) is 15.6. The maximum absolute atomic E-state index is 12.6. The molecule has 0 spiro atoms. The zero-order valence-corrected chi connectivity index (χ0v) is 15.6. The lowest BCUT2D eigenvalue weighted by Gasteiger charge is -2.31. The van der Waals surface area contributed by atoms with Crippen molar-refractivity contribution in [2.75, 3.05) is 20.3 Å². The van der Waals surface area contributed by atoms with E-state index in [0.29, 0.717) is 13.0 Å². The van der Waals surface area contributed by atoms with Crippen LogP contribution in [0.15, 0.2) is 30.3 Å². The van der Waals surface area contributed by atoms with E-state index >= 15 is 0 Å². The van der Waals surface area contributed by atoms with Gasteiger partial charge in [0.15, 0.2) is 6.29 Å². The minimum absolute atomic E-state index is 0.0237. The third kappa shape index (κ3) is 5.80. The summed E-state index contributed by atoms with van der Waals surface area (Å²) in [6.45, 7) is 5.05. The molecule has 1 heterocycles. The van der Waals surface area contributed by atoms with E-state index in [1.165, 1.54) is 0 Å². The van der Waals surface area contributed by atoms with Gasteiger partial charge >= 0.3 is 0 Å². The Hall–Kier alpha value is -1.43. The molecular weight excluding hydrogens is 318 g/mol. The van der Waals surface area contributed by atoms with Crippen molar-refractivity contribution in [2.45, 2.75) is 58.0 Å². The van der Waals surface area contributed by atoms with Gasteiger partial charge in [-0.2, -0.15) is 0 Å². The predicted molar refractivity (Wildman–Crippen MR) is 97.0 cm³/mol. The number of carbonyl (C=O) groups excluding carboxylic acids is 1. The van der Waals surface area contributed by atoms with Gasteiger partial charge in [-0.05, 0) is 38.2 Å². The quantitative estimate of drug-likeness (QED) is 0.783. The largest absolute Gasteiger partial charge is 0.386 e. The van der Waals surface area contributed by atoms with Crippen molar-refractivity contribution < 1.29 is 19.4 Å². The Morgan fingerprint density at radius 2 is 2.04 bits per heavy atom. The van der Waals surface area contributed by atoms with E-state index in [9.17, 15) is 9.90 Å². The number of rotatable bonds is 8. The van der Waals surface area contributed by atoms with Crippen LogP contribution >= 0.6 is 0 Å². The van der Waals surface area contributed by atoms with Crippen molar-refractivity contribution in [3.8, 4) is 0 Å². The Bertz CT molecular complexity index is 516. The number of hydrogen-bond donors (Lipinski definition) is 1. The Kier molecular flexibility index (Phi) is 7.88. The number of aliphatic hydroxyl groups is 1. The number of benzene rings is 1. The summed E-state index contributed by atoms with van der Waals surface area (Å²) >= 11 is 0. The van der Waals surface area contributed by atoms with Crippen LogP contribution in [0.1, 0.15) is 51.2 Å². The van der Waals surface area contributed by atoms with Crippen LogP contribution in [0.2, 0.25) is 0 Å². The molecule has 5 heteroatoms. The van der Waals surface area contributed by atoms with E-state index < -0.39 is 6.10 Å². The molecule has 1 aromatic carbocycles. The first-order chi connectivity index (χ1) is 12.0. The highest BCUT2D eigenvalue weighted by Crippen LogP contribution is 2.22. The third-order valence-corrected chi connectivity index (χ3v) is 4.97. The Morgan fingerprint density at radius 3 is 2.68 bits per heavy atom. The first-order valence-corrected chi connectivity index (χ1v) is 9.23. The van der Waals surface area contributed by atoms with Gasteiger partial charge in [-0.25, -0.2) is 0 Å². The van der Waals surface area contributed by atoms with Crippen LogP contribution in [-0.2, 0) is 14.3 Å². The summed E-state index contributed by atoms with van der Waals surface area (Å²) < 4.78 is 11.3. The molecule has 0 radical (unpaired) electrons. The molecular formula is C20H31NO4. The zero-order chi connectivity index (χ0) is 18.2. The first kappa shape index (κ1) is 19.9. The highest BCUT2D eigenvalue weighted by molar-refractivity contribution is 5.78. The minimum atomic E-state index is -0.700. The van der Waals surface area contributed by atoms with Crippen molar-refractivity contribution >= 4 is 5.91 Å². The number of hydrogen-bond acceptors (Lipinski definition) is 4. The summed E-state index contributed by atoms with van der Waals surface area (Å²) in [7, 11) is 1.75. The number of ether oxygens (including phenoxy) is 2. The van der Waals surface area contributed by atoms with Gasteiger partial charge in [0.05, 0.1) is 18.8 Å². The fourth-order valence-electron chi connectivity index (χ4n) is 3.03. The molecule has 1 aliphatic rings. The molecule has 1 unspecified atom stereocenters. The normalized spacial score (nSPS) is 21.4. The van der Waals surface area contributed by atoms with Crippen molar-refractivity contribution in [3.05, 3.63) is 35.9 Å². The molecule has 0 saturated carbocycles. The number of nitrogens with zero attached hydrogens (tertiary/aromatic N) is 1. The molecule has 1 N–H and O–H groups in total. The molecule has 25 heavy (non-hydrogen) atoms. The molecule has 1 saturated heterocycles. The van der Waals surface area contributed by atoms with Gasteiger partial charge in [0.2, 0.25) is 5.91 Å². The molecule has 0 aliphatic carbocycles. The second-order valence-electron chi connectivity index (χ2n) is 6.90. The van der Waals surface area contributed by atoms with E-state index in [-0.39, 0.29) is 24.2 Å². The highest BCUT2D eigenvalue weighted by Gasteiger charge is 2.27. The smallest absolute Gasteiger partial charge is 0.225 e. The maximum atomic E-state index is 12.6. The van der Waals surface area contributed by atoms with Crippen LogP contribution in [0, 0.1) is 5.92 Å². The van der Waals surface area contributed by atoms with E-state index in [0.717, 1.165) is 31.4 Å². The summed E-state index contributed by atoms with van der Waals surface area (Å²) in [5.74, 6) is -0.130. The topological polar surface area (TPSA) is 59.0 Å². The van der Waals surface area contributed by atoms with Crippen LogP contribution in [0.25, 0.3) is 0 Å². The molecule has 2 rings (SSSR count). The van der Waals surface area contributed by atoms with Crippen LogP contribution in [-0.4, -0.2) is 48.5 Å². The summed E-state index contributed by atoms with van der Waals surface area (Å²) in [5, 5.41) is 10.5. The second kappa shape index (κ2) is 9.90. The number of likely N-dealkylation sites (N-methyl/N-ethyl adjacent to an activating group) is 1. The minimum Gasteiger partial charge on any atom is -0.386 e. The van der Waals surface area contributed by atoms with Crippen LogP contribution in [0.3, 0.4) is 0 Å². The summed E-state index contributed by atoms with van der Waals surface area (Å²) in [5.41, 5.74) is 0.820. The maximum Gasteiger partial charge on any atom is 0.225 e. The van der Waals surface area contributed by atoms with Gasteiger partial charge < -0.3 is 19.5 Å². The molecule has 1 aliphatic heterocycles. The summed E-state index contributed by atoms with van der Waals surface area (Å²) in [4.78, 5) is 14.3. The van der Waals surface area contributed by atoms with E-state index in [4.69, 9.17) is 9.47 Å². The summed E-state index contributed by atoms with van der Waals surface area (Å²) in [6.07, 6.45) is 3.00. The monoisotopic (exact) mass is 349 g/mol. The SMILES string of the molecule is C[C@H](CCOC1CCCCO1)C(=O)N(C)[C@@H](C)[C@@H](O)c1ccccc1. The van der Waals surface area contributed by atoms with Crippen LogP contribution in [0.4, 0.5) is 0 Å². The molecule has 1 fully saturated rings. The first-order valence-electron chi connectivity index (χ1n) is 9.23. The third-order valence-electron chi connectivity index (χ3n) is 4.97. The van der Waals surface area contributed by atoms with Gasteiger partial charge in [-0.15, -0.1) is 0 Å². The second-order valence-corrected chi connectivity index (χ2v) is 6.90. The van der Waals surface area contributed by atoms with E-state index in [1.807, 2.05) is 44.2 Å². The van der Waals surface area contributed by atoms with Crippen LogP contribution in [0.5, 0.6) is 0 Å². The lowest BCUT2D eigenvalue weighted by atomic mass is 10.0. The fraction of sp³-hybridized carbons (Fsp3) is 0.650. The number of amides is 1. The molecule has 0 bridgehead atoms. The van der Waals surface area contributed by atoms with Crippen LogP contribution < -0.4 is 0 Å². The average Bonchev–Trinajstić information content (AvgIpc) is 2.67. The van der Waals surface area contributed by atoms with Gasteiger partial charge in [-0.1, -0.05) is 37.3 Å². The Morgan fingerprint density at radius 1 is 1.32 bits per heavy atom. The van der Waals surface area contributed by atoms with Gasteiger partial charge in [0.1, 0.15) is 0 Å². The molecule has 5 nitrogen and oxygen atoms in total. The van der Waals surface area contributed by atoms with Gasteiger partial charge in [0, 0.05) is 19.6 Å². The average molecular weight is 349 g/mol. The molecule has 1 amide bonds. The lowest BCUT2D eigenvalue weighted by Crippen LogP contribution is -2.42. The highest BCUT2D eigenvalue weighted by atomic mass is 16.7. The Balaban J connectivity index is 1.79. The van der Waals surface area contributed by atoms with E-state index in [2.05, 4.69) is 0 Å². The molecule has 4 atom stereocenters. The standard InChI is InChI=1S/C20H31NO4/c1-15(12-14-25-18-11-7-8-13-24-18)20(23)21(3)16(2)19(22)17-9-5-4-6-10-17/h4-6,9-10,15-16,18-19,22H,7-8,11-14H2,1-3H3/t15-,16+,18?,19-/m1/s1. The Labute approximate surface area is 150 Å². The molecule has 0 aromatic heterocycles. The fourth-order valence-corrected chi connectivity index (χ4v) is 3.03. The van der Waals surface area contributed by atoms with Crippen molar-refractivity contribution in [1.29, 1.82) is 0 Å². The van der Waals surface area contributed by atoms with Crippen molar-refractivity contribution in [2.24, 2.45) is 5.92 Å². The molecule has 1 aromatic rings. The van der Waals surface area contributed by atoms with Gasteiger partial charge in [-0.3, -0.25) is 4.79 Å². The predicted octanol–water partition coefficient (Wildman–Crippen LogP) is 3.14. The summed E-state index contributed by atoms with van der Waals surface area (Å²) in [6, 6.07) is 9.15. The van der Waals surface area contributed by atoms with Crippen molar-refractivity contribution in [1.82, 2.24) is 4.90 Å². The van der Waals surface area contributed by atoms with E-state index in [1.54, 1.807) is 11.9 Å². The number of carbonyl (C=O) groups is 1. The van der Waals surface area contributed by atoms with Gasteiger partial charge in [0.25, 0.3) is 0 Å².